The number of benzene rings is 1. The molecule has 20 heavy (non-hydrogen) atoms. The minimum absolute atomic E-state index is 0.00383. The molecule has 1 aromatic rings. The van der Waals surface area contributed by atoms with Gasteiger partial charge in [-0.25, -0.2) is 8.78 Å². The molecule has 0 spiro atoms. The molecule has 0 radical (unpaired) electrons. The fourth-order valence-corrected chi connectivity index (χ4v) is 2.55. The second-order valence-corrected chi connectivity index (χ2v) is 5.30. The molecule has 5 heteroatoms. The van der Waals surface area contributed by atoms with Gasteiger partial charge in [-0.1, -0.05) is 0 Å². The van der Waals surface area contributed by atoms with Crippen molar-refractivity contribution in [3.05, 3.63) is 35.4 Å². The van der Waals surface area contributed by atoms with E-state index in [-0.39, 0.29) is 24.3 Å². The minimum atomic E-state index is -0.474. The first-order valence-electron chi connectivity index (χ1n) is 7.02. The van der Waals surface area contributed by atoms with Gasteiger partial charge in [0.15, 0.2) is 0 Å². The number of hydrogen-bond donors (Lipinski definition) is 1. The number of amides is 1. The standard InChI is InChI=1S/C15H20F2N2O/c16-13-2-3-14(17)12(9-13)1-4-15(20)19-7-5-11(10-18)6-8-19/h2-3,9,11H,1,4-8,10,18H2. The highest BCUT2D eigenvalue weighted by atomic mass is 19.1. The number of piperidine rings is 1. The quantitative estimate of drug-likeness (QED) is 0.919. The second kappa shape index (κ2) is 6.79. The van der Waals surface area contributed by atoms with Gasteiger partial charge in [0.25, 0.3) is 0 Å². The Kier molecular flexibility index (Phi) is 5.06. The summed E-state index contributed by atoms with van der Waals surface area (Å²) in [5, 5.41) is 0. The summed E-state index contributed by atoms with van der Waals surface area (Å²) in [6.07, 6.45) is 2.31. The number of carbonyl (C=O) groups excluding carboxylic acids is 1. The SMILES string of the molecule is NCC1CCN(C(=O)CCc2cc(F)ccc2F)CC1. The minimum Gasteiger partial charge on any atom is -0.343 e. The second-order valence-electron chi connectivity index (χ2n) is 5.30. The van der Waals surface area contributed by atoms with Crippen LogP contribution in [0.3, 0.4) is 0 Å². The lowest BCUT2D eigenvalue weighted by Gasteiger charge is -2.31. The van der Waals surface area contributed by atoms with Crippen LogP contribution in [0.1, 0.15) is 24.8 Å². The summed E-state index contributed by atoms with van der Waals surface area (Å²) < 4.78 is 26.5. The molecule has 3 nitrogen and oxygen atoms in total. The van der Waals surface area contributed by atoms with E-state index in [2.05, 4.69) is 0 Å². The molecule has 0 unspecified atom stereocenters. The summed E-state index contributed by atoms with van der Waals surface area (Å²) in [7, 11) is 0. The average Bonchev–Trinajstić information content (AvgIpc) is 2.48. The van der Waals surface area contributed by atoms with Crippen molar-refractivity contribution in [2.75, 3.05) is 19.6 Å². The molecule has 1 fully saturated rings. The Morgan fingerprint density at radius 2 is 2.00 bits per heavy atom. The zero-order chi connectivity index (χ0) is 14.5. The van der Waals surface area contributed by atoms with Crippen molar-refractivity contribution in [1.82, 2.24) is 4.90 Å². The van der Waals surface area contributed by atoms with E-state index in [0.717, 1.165) is 31.0 Å². The van der Waals surface area contributed by atoms with Gasteiger partial charge < -0.3 is 10.6 Å². The third-order valence-electron chi connectivity index (χ3n) is 3.92. The molecule has 0 aromatic heterocycles. The molecular weight excluding hydrogens is 262 g/mol. The Labute approximate surface area is 117 Å². The zero-order valence-corrected chi connectivity index (χ0v) is 11.4. The first kappa shape index (κ1) is 14.9. The molecule has 1 aromatic carbocycles. The van der Waals surface area contributed by atoms with Crippen LogP contribution in [-0.2, 0) is 11.2 Å². The van der Waals surface area contributed by atoms with Crippen LogP contribution in [-0.4, -0.2) is 30.4 Å². The van der Waals surface area contributed by atoms with Gasteiger partial charge in [-0.3, -0.25) is 4.79 Å². The van der Waals surface area contributed by atoms with E-state index in [1.807, 2.05) is 0 Å². The number of nitrogens with zero attached hydrogens (tertiary/aromatic N) is 1. The van der Waals surface area contributed by atoms with Gasteiger partial charge in [0.1, 0.15) is 11.6 Å². The topological polar surface area (TPSA) is 46.3 Å². The Balaban J connectivity index is 1.85. The molecule has 0 atom stereocenters. The summed E-state index contributed by atoms with van der Waals surface area (Å²) in [6.45, 7) is 2.09. The Morgan fingerprint density at radius 1 is 1.30 bits per heavy atom. The number of rotatable bonds is 4. The van der Waals surface area contributed by atoms with Crippen LogP contribution in [0.15, 0.2) is 18.2 Å². The van der Waals surface area contributed by atoms with Crippen molar-refractivity contribution in [2.45, 2.75) is 25.7 Å². The van der Waals surface area contributed by atoms with Gasteiger partial charge in [0, 0.05) is 19.5 Å². The lowest BCUT2D eigenvalue weighted by atomic mass is 9.96. The van der Waals surface area contributed by atoms with Gasteiger partial charge >= 0.3 is 0 Å². The molecule has 2 rings (SSSR count). The van der Waals surface area contributed by atoms with Gasteiger partial charge in [-0.05, 0) is 55.5 Å². The molecule has 1 amide bonds. The zero-order valence-electron chi connectivity index (χ0n) is 11.4. The lowest BCUT2D eigenvalue weighted by molar-refractivity contribution is -0.132. The summed E-state index contributed by atoms with van der Waals surface area (Å²) in [4.78, 5) is 13.8. The van der Waals surface area contributed by atoms with Crippen molar-refractivity contribution in [1.29, 1.82) is 0 Å². The average molecular weight is 282 g/mol. The first-order valence-corrected chi connectivity index (χ1v) is 7.02. The highest BCUT2D eigenvalue weighted by Gasteiger charge is 2.21. The highest BCUT2D eigenvalue weighted by molar-refractivity contribution is 5.76. The van der Waals surface area contributed by atoms with Crippen molar-refractivity contribution in [3.8, 4) is 0 Å². The van der Waals surface area contributed by atoms with Crippen LogP contribution in [0.2, 0.25) is 0 Å². The predicted molar refractivity (Wildman–Crippen MR) is 73.0 cm³/mol. The molecule has 2 N–H and O–H groups in total. The van der Waals surface area contributed by atoms with Gasteiger partial charge in [0.2, 0.25) is 5.91 Å². The largest absolute Gasteiger partial charge is 0.343 e. The van der Waals surface area contributed by atoms with Crippen LogP contribution < -0.4 is 5.73 Å². The van der Waals surface area contributed by atoms with E-state index in [9.17, 15) is 13.6 Å². The fourth-order valence-electron chi connectivity index (χ4n) is 2.55. The fraction of sp³-hybridized carbons (Fsp3) is 0.533. The van der Waals surface area contributed by atoms with Crippen LogP contribution in [0.5, 0.6) is 0 Å². The molecule has 0 aliphatic carbocycles. The lowest BCUT2D eigenvalue weighted by Crippen LogP contribution is -2.40. The Morgan fingerprint density at radius 3 is 2.65 bits per heavy atom. The highest BCUT2D eigenvalue weighted by Crippen LogP contribution is 2.18. The van der Waals surface area contributed by atoms with E-state index >= 15 is 0 Å². The van der Waals surface area contributed by atoms with Gasteiger partial charge in [-0.15, -0.1) is 0 Å². The van der Waals surface area contributed by atoms with Crippen LogP contribution in [0.4, 0.5) is 8.78 Å². The third-order valence-corrected chi connectivity index (χ3v) is 3.92. The number of hydrogen-bond acceptors (Lipinski definition) is 2. The van der Waals surface area contributed by atoms with Gasteiger partial charge in [-0.2, -0.15) is 0 Å². The first-order chi connectivity index (χ1) is 9.60. The summed E-state index contributed by atoms with van der Waals surface area (Å²) in [6, 6.07) is 3.34. The molecule has 1 aliphatic heterocycles. The van der Waals surface area contributed by atoms with Crippen LogP contribution in [0.25, 0.3) is 0 Å². The Bertz CT molecular complexity index is 471. The maximum atomic E-state index is 13.5. The molecule has 1 saturated heterocycles. The van der Waals surface area contributed by atoms with E-state index < -0.39 is 11.6 Å². The molecule has 0 bridgehead atoms. The van der Waals surface area contributed by atoms with Crippen molar-refractivity contribution >= 4 is 5.91 Å². The maximum Gasteiger partial charge on any atom is 0.222 e. The molecule has 1 heterocycles. The number of halogens is 2. The molecular formula is C15H20F2N2O. The summed E-state index contributed by atoms with van der Waals surface area (Å²) >= 11 is 0. The van der Waals surface area contributed by atoms with E-state index in [1.54, 1.807) is 4.90 Å². The summed E-state index contributed by atoms with van der Waals surface area (Å²) in [5.74, 6) is -0.428. The predicted octanol–water partition coefficient (Wildman–Crippen LogP) is 2.09. The smallest absolute Gasteiger partial charge is 0.222 e. The van der Waals surface area contributed by atoms with Crippen molar-refractivity contribution in [3.63, 3.8) is 0 Å². The monoisotopic (exact) mass is 282 g/mol. The maximum absolute atomic E-state index is 13.5. The number of nitrogens with two attached hydrogens (primary N) is 1. The molecule has 1 aliphatic rings. The third kappa shape index (κ3) is 3.76. The molecule has 110 valence electrons. The van der Waals surface area contributed by atoms with Crippen molar-refractivity contribution < 1.29 is 13.6 Å². The van der Waals surface area contributed by atoms with E-state index in [4.69, 9.17) is 5.73 Å². The van der Waals surface area contributed by atoms with E-state index in [0.29, 0.717) is 25.6 Å². The number of likely N-dealkylation sites (tertiary alicyclic amines) is 1. The molecule has 0 saturated carbocycles. The summed E-state index contributed by atoms with van der Waals surface area (Å²) in [5.41, 5.74) is 5.87. The normalized spacial score (nSPS) is 16.4. The Hall–Kier alpha value is -1.49. The van der Waals surface area contributed by atoms with E-state index in [1.165, 1.54) is 0 Å². The van der Waals surface area contributed by atoms with Crippen LogP contribution >= 0.6 is 0 Å². The number of carbonyl (C=O) groups is 1. The van der Waals surface area contributed by atoms with Crippen molar-refractivity contribution in [2.24, 2.45) is 11.7 Å². The van der Waals surface area contributed by atoms with Gasteiger partial charge in [0.05, 0.1) is 0 Å². The van der Waals surface area contributed by atoms with Crippen LogP contribution in [0, 0.1) is 17.6 Å². The number of aryl methyl sites for hydroxylation is 1.